The molecule has 2 N–H and O–H groups in total. The van der Waals surface area contributed by atoms with Crippen molar-refractivity contribution in [3.63, 3.8) is 0 Å². The van der Waals surface area contributed by atoms with Crippen LogP contribution in [0.2, 0.25) is 0 Å². The van der Waals surface area contributed by atoms with Gasteiger partial charge in [-0.05, 0) is 54.8 Å². The Hall–Kier alpha value is -4.07. The number of ether oxygens (including phenoxy) is 1. The number of halogens is 4. The van der Waals surface area contributed by atoms with Crippen LogP contribution in [-0.4, -0.2) is 62.2 Å². The number of carbonyl (C=O) groups is 1. The summed E-state index contributed by atoms with van der Waals surface area (Å²) in [6.07, 6.45) is -1.42. The fraction of sp³-hybridized carbons (Fsp3) is 0.375. The van der Waals surface area contributed by atoms with Gasteiger partial charge in [-0.1, -0.05) is 0 Å². The van der Waals surface area contributed by atoms with Crippen LogP contribution >= 0.6 is 0 Å². The van der Waals surface area contributed by atoms with Crippen molar-refractivity contribution >= 4 is 22.8 Å². The largest absolute Gasteiger partial charge is 0.391 e. The van der Waals surface area contributed by atoms with Gasteiger partial charge >= 0.3 is 6.18 Å². The number of anilines is 2. The Morgan fingerprint density at radius 1 is 1.24 bits per heavy atom. The van der Waals surface area contributed by atoms with Crippen molar-refractivity contribution in [2.75, 3.05) is 30.9 Å². The third-order valence-electron chi connectivity index (χ3n) is 6.54. The zero-order valence-electron chi connectivity index (χ0n) is 20.5. The number of rotatable bonds is 8. The normalized spacial score (nSPS) is 17.4. The van der Waals surface area contributed by atoms with Crippen LogP contribution in [0.25, 0.3) is 16.9 Å². The monoisotopic (exact) mass is 532 g/mol. The number of aryl methyl sites for hydroxylation is 1. The first-order valence-electron chi connectivity index (χ1n) is 11.8. The first-order valence-corrected chi connectivity index (χ1v) is 11.8. The van der Waals surface area contributed by atoms with E-state index in [4.69, 9.17) is 4.74 Å². The van der Waals surface area contributed by atoms with Gasteiger partial charge in [0, 0.05) is 31.2 Å². The van der Waals surface area contributed by atoms with Crippen LogP contribution in [0.1, 0.15) is 34.8 Å². The summed E-state index contributed by atoms with van der Waals surface area (Å²) in [5, 5.41) is 22.0. The Morgan fingerprint density at radius 3 is 2.76 bits per heavy atom. The van der Waals surface area contributed by atoms with Crippen LogP contribution < -0.4 is 10.6 Å². The lowest BCUT2D eigenvalue weighted by molar-refractivity contribution is -0.203. The summed E-state index contributed by atoms with van der Waals surface area (Å²) in [6, 6.07) is 5.66. The minimum atomic E-state index is -4.26. The minimum Gasteiger partial charge on any atom is -0.383 e. The fourth-order valence-electron chi connectivity index (χ4n) is 4.26. The van der Waals surface area contributed by atoms with Crippen LogP contribution in [0.3, 0.4) is 0 Å². The van der Waals surface area contributed by atoms with Gasteiger partial charge in [0.25, 0.3) is 5.91 Å². The van der Waals surface area contributed by atoms with E-state index in [-0.39, 0.29) is 24.2 Å². The maximum atomic E-state index is 14.8. The molecule has 1 fully saturated rings. The van der Waals surface area contributed by atoms with Crippen molar-refractivity contribution in [2.45, 2.75) is 32.0 Å². The van der Waals surface area contributed by atoms with Gasteiger partial charge in [0.05, 0.1) is 41.4 Å². The smallest absolute Gasteiger partial charge is 0.383 e. The molecule has 200 valence electrons. The molecule has 3 heterocycles. The number of carbonyl (C=O) groups excluding carboxylic acids is 1. The molecule has 0 atom stereocenters. The van der Waals surface area contributed by atoms with Crippen molar-refractivity contribution in [1.29, 1.82) is 0 Å². The van der Waals surface area contributed by atoms with E-state index in [9.17, 15) is 22.4 Å². The Morgan fingerprint density at radius 2 is 2.03 bits per heavy atom. The van der Waals surface area contributed by atoms with Gasteiger partial charge in [-0.2, -0.15) is 23.1 Å². The molecule has 0 spiro atoms. The lowest BCUT2D eigenvalue weighted by atomic mass is 9.80. The number of benzene rings is 1. The molecule has 0 aliphatic heterocycles. The number of hydrogen-bond donors (Lipinski definition) is 2. The summed E-state index contributed by atoms with van der Waals surface area (Å²) in [4.78, 5) is 14.2. The van der Waals surface area contributed by atoms with Crippen LogP contribution in [-0.2, 0) is 4.74 Å². The number of alkyl halides is 3. The van der Waals surface area contributed by atoms with Crippen molar-refractivity contribution in [3.05, 3.63) is 53.6 Å². The lowest BCUT2D eigenvalue weighted by Gasteiger charge is -2.35. The highest BCUT2D eigenvalue weighted by Gasteiger charge is 2.49. The van der Waals surface area contributed by atoms with E-state index < -0.39 is 29.9 Å². The van der Waals surface area contributed by atoms with E-state index >= 15 is 0 Å². The molecule has 4 aromatic rings. The number of methoxy groups -OCH3 is 1. The lowest BCUT2D eigenvalue weighted by Crippen LogP contribution is -2.37. The maximum Gasteiger partial charge on any atom is 0.391 e. The molecule has 1 aliphatic carbocycles. The quantitative estimate of drug-likeness (QED) is 0.258. The van der Waals surface area contributed by atoms with Crippen molar-refractivity contribution in [2.24, 2.45) is 5.92 Å². The first kappa shape index (κ1) is 25.6. The van der Waals surface area contributed by atoms with Crippen molar-refractivity contribution < 1.29 is 27.1 Å². The van der Waals surface area contributed by atoms with E-state index in [2.05, 4.69) is 31.1 Å². The van der Waals surface area contributed by atoms with Gasteiger partial charge in [-0.3, -0.25) is 4.79 Å². The second-order valence-electron chi connectivity index (χ2n) is 9.12. The summed E-state index contributed by atoms with van der Waals surface area (Å²) in [5.74, 6) is -2.60. The zero-order chi connectivity index (χ0) is 27.0. The van der Waals surface area contributed by atoms with Gasteiger partial charge < -0.3 is 15.4 Å². The van der Waals surface area contributed by atoms with Crippen molar-refractivity contribution in [1.82, 2.24) is 29.8 Å². The third-order valence-corrected chi connectivity index (χ3v) is 6.54. The summed E-state index contributed by atoms with van der Waals surface area (Å²) < 4.78 is 59.8. The summed E-state index contributed by atoms with van der Waals surface area (Å²) in [7, 11) is 1.60. The standard InChI is InChI=1S/C24H24F4N8O2/c1-13-7-19(25)17(22-32-34-36(33-22)16-8-14(9-16)24(26,27)28)11-20(13)31-23(37)18-12-30-35-5-3-15(10-21(18)35)29-4-6-38-2/h3,5,7,10-12,14,16,29H,4,6,8-9H2,1-2H3,(H,31,37). The van der Waals surface area contributed by atoms with Gasteiger partial charge in [0.1, 0.15) is 5.82 Å². The molecular weight excluding hydrogens is 508 g/mol. The van der Waals surface area contributed by atoms with E-state index in [0.29, 0.717) is 35.5 Å². The second kappa shape index (κ2) is 10.0. The molecule has 0 unspecified atom stereocenters. The Kier molecular flexibility index (Phi) is 6.73. The minimum absolute atomic E-state index is 0.0339. The van der Waals surface area contributed by atoms with Gasteiger partial charge in [-0.25, -0.2) is 8.91 Å². The first-order chi connectivity index (χ1) is 18.1. The molecule has 0 saturated heterocycles. The molecule has 14 heteroatoms. The van der Waals surface area contributed by atoms with Crippen LogP contribution in [0, 0.1) is 18.7 Å². The molecule has 0 radical (unpaired) electrons. The van der Waals surface area contributed by atoms with Gasteiger partial charge in [-0.15, -0.1) is 10.2 Å². The van der Waals surface area contributed by atoms with E-state index in [0.717, 1.165) is 10.5 Å². The Labute approximate surface area is 214 Å². The average Bonchev–Trinajstić information content (AvgIpc) is 3.46. The van der Waals surface area contributed by atoms with E-state index in [1.807, 2.05) is 6.07 Å². The molecule has 38 heavy (non-hydrogen) atoms. The topological polar surface area (TPSA) is 111 Å². The maximum absolute atomic E-state index is 14.8. The van der Waals surface area contributed by atoms with Gasteiger partial charge in [0.2, 0.25) is 5.82 Å². The molecule has 0 bridgehead atoms. The molecule has 10 nitrogen and oxygen atoms in total. The van der Waals surface area contributed by atoms with E-state index in [1.165, 1.54) is 18.3 Å². The Bertz CT molecular complexity index is 1480. The summed E-state index contributed by atoms with van der Waals surface area (Å²) in [5.41, 5.74) is 2.39. The number of fused-ring (bicyclic) bond motifs is 1. The molecule has 1 amide bonds. The number of nitrogens with zero attached hydrogens (tertiary/aromatic N) is 6. The number of aromatic nitrogens is 6. The van der Waals surface area contributed by atoms with Crippen molar-refractivity contribution in [3.8, 4) is 11.4 Å². The third kappa shape index (κ3) is 5.03. The summed E-state index contributed by atoms with van der Waals surface area (Å²) in [6.45, 7) is 2.73. The van der Waals surface area contributed by atoms with Crippen LogP contribution in [0.4, 0.5) is 28.9 Å². The molecule has 1 aromatic carbocycles. The number of tetrazole rings is 1. The highest BCUT2D eigenvalue weighted by Crippen LogP contribution is 2.46. The average molecular weight is 533 g/mol. The Balaban J connectivity index is 1.35. The number of pyridine rings is 1. The highest BCUT2D eigenvalue weighted by atomic mass is 19.4. The predicted molar refractivity (Wildman–Crippen MR) is 129 cm³/mol. The SMILES string of the molecule is COCCNc1ccn2ncc(C(=O)Nc3cc(-c4nnn(C5CC(C(F)(F)F)C5)n4)c(F)cc3C)c2c1. The number of amides is 1. The fourth-order valence-corrected chi connectivity index (χ4v) is 4.26. The van der Waals surface area contributed by atoms with Gasteiger partial charge in [0.15, 0.2) is 0 Å². The number of hydrogen-bond acceptors (Lipinski definition) is 7. The molecular formula is C24H24F4N8O2. The second-order valence-corrected chi connectivity index (χ2v) is 9.12. The highest BCUT2D eigenvalue weighted by molar-refractivity contribution is 6.09. The van der Waals surface area contributed by atoms with Crippen LogP contribution in [0.5, 0.6) is 0 Å². The molecule has 1 aliphatic rings. The molecule has 5 rings (SSSR count). The molecule has 1 saturated carbocycles. The zero-order valence-corrected chi connectivity index (χ0v) is 20.5. The molecule has 3 aromatic heterocycles. The predicted octanol–water partition coefficient (Wildman–Crippen LogP) is 4.26. The van der Waals surface area contributed by atoms with E-state index in [1.54, 1.807) is 30.8 Å². The van der Waals surface area contributed by atoms with Crippen LogP contribution in [0.15, 0.2) is 36.7 Å². The number of nitrogens with one attached hydrogen (secondary N) is 2. The summed E-state index contributed by atoms with van der Waals surface area (Å²) >= 11 is 0.